The van der Waals surface area contributed by atoms with Gasteiger partial charge in [-0.15, -0.1) is 0 Å². The second kappa shape index (κ2) is 8.85. The topological polar surface area (TPSA) is 75.3 Å². The van der Waals surface area contributed by atoms with Crippen LogP contribution in [0.25, 0.3) is 0 Å². The van der Waals surface area contributed by atoms with E-state index in [0.717, 1.165) is 11.1 Å². The molecule has 0 unspecified atom stereocenters. The standard InChI is InChI=1S/C22H20ClFN2O3S/c1-14-3-8-18(11-15(14)2)26-30(28,29)19-9-10-21(23)20(12-19)22(27)25-13-16-4-6-17(24)7-5-16/h3-12,26H,13H2,1-2H3,(H,25,27). The van der Waals surface area contributed by atoms with Crippen molar-refractivity contribution in [3.05, 3.63) is 93.8 Å². The van der Waals surface area contributed by atoms with Crippen molar-refractivity contribution in [2.45, 2.75) is 25.3 Å². The maximum atomic E-state index is 13.0. The van der Waals surface area contributed by atoms with Gasteiger partial charge in [-0.05, 0) is 73.0 Å². The Balaban J connectivity index is 1.79. The minimum Gasteiger partial charge on any atom is -0.348 e. The Bertz CT molecular complexity index is 1200. The molecule has 5 nitrogen and oxygen atoms in total. The van der Waals surface area contributed by atoms with Crippen molar-refractivity contribution < 1.29 is 17.6 Å². The monoisotopic (exact) mass is 446 g/mol. The van der Waals surface area contributed by atoms with Crippen LogP contribution >= 0.6 is 11.6 Å². The Kier molecular flexibility index (Phi) is 6.43. The molecule has 0 radical (unpaired) electrons. The van der Waals surface area contributed by atoms with Crippen LogP contribution in [0.4, 0.5) is 10.1 Å². The molecule has 1 amide bonds. The van der Waals surface area contributed by atoms with Crippen LogP contribution in [-0.2, 0) is 16.6 Å². The summed E-state index contributed by atoms with van der Waals surface area (Å²) >= 11 is 6.12. The SMILES string of the molecule is Cc1ccc(NS(=O)(=O)c2ccc(Cl)c(C(=O)NCc3ccc(F)cc3)c2)cc1C. The van der Waals surface area contributed by atoms with Crippen molar-refractivity contribution in [2.75, 3.05) is 4.72 Å². The van der Waals surface area contributed by atoms with Gasteiger partial charge >= 0.3 is 0 Å². The average Bonchev–Trinajstić information content (AvgIpc) is 2.70. The Morgan fingerprint density at radius 1 is 0.967 bits per heavy atom. The number of benzene rings is 3. The van der Waals surface area contributed by atoms with E-state index in [1.807, 2.05) is 19.9 Å². The third kappa shape index (κ3) is 5.17. The van der Waals surface area contributed by atoms with Crippen molar-refractivity contribution in [3.8, 4) is 0 Å². The van der Waals surface area contributed by atoms with Crippen LogP contribution in [0.15, 0.2) is 65.6 Å². The van der Waals surface area contributed by atoms with Gasteiger partial charge in [-0.25, -0.2) is 12.8 Å². The predicted molar refractivity (Wildman–Crippen MR) is 116 cm³/mol. The van der Waals surface area contributed by atoms with Crippen LogP contribution in [0.1, 0.15) is 27.0 Å². The molecule has 0 saturated heterocycles. The second-order valence-corrected chi connectivity index (χ2v) is 8.94. The third-order valence-electron chi connectivity index (χ3n) is 4.62. The van der Waals surface area contributed by atoms with Gasteiger partial charge in [0.1, 0.15) is 5.82 Å². The molecule has 0 aliphatic rings. The number of aryl methyl sites for hydroxylation is 2. The van der Waals surface area contributed by atoms with Gasteiger partial charge in [0.2, 0.25) is 0 Å². The number of nitrogens with one attached hydrogen (secondary N) is 2. The molecular weight excluding hydrogens is 427 g/mol. The van der Waals surface area contributed by atoms with Crippen molar-refractivity contribution in [2.24, 2.45) is 0 Å². The summed E-state index contributed by atoms with van der Waals surface area (Å²) in [5.74, 6) is -0.908. The minimum atomic E-state index is -3.92. The molecule has 0 aliphatic carbocycles. The van der Waals surface area contributed by atoms with E-state index in [-0.39, 0.29) is 27.8 Å². The van der Waals surface area contributed by atoms with Crippen LogP contribution < -0.4 is 10.0 Å². The molecule has 156 valence electrons. The number of halogens is 2. The summed E-state index contributed by atoms with van der Waals surface area (Å²) in [5.41, 5.74) is 3.15. The lowest BCUT2D eigenvalue weighted by Gasteiger charge is -2.12. The highest BCUT2D eigenvalue weighted by Gasteiger charge is 2.19. The van der Waals surface area contributed by atoms with E-state index >= 15 is 0 Å². The van der Waals surface area contributed by atoms with E-state index in [9.17, 15) is 17.6 Å². The average molecular weight is 447 g/mol. The Morgan fingerprint density at radius 2 is 1.67 bits per heavy atom. The molecule has 0 spiro atoms. The quantitative estimate of drug-likeness (QED) is 0.569. The van der Waals surface area contributed by atoms with Gasteiger partial charge < -0.3 is 5.32 Å². The van der Waals surface area contributed by atoms with Crippen LogP contribution in [0.3, 0.4) is 0 Å². The summed E-state index contributed by atoms with van der Waals surface area (Å²) in [5, 5.41) is 2.78. The molecule has 8 heteroatoms. The normalized spacial score (nSPS) is 11.2. The highest BCUT2D eigenvalue weighted by Crippen LogP contribution is 2.23. The number of sulfonamides is 1. The maximum absolute atomic E-state index is 13.0. The van der Waals surface area contributed by atoms with Gasteiger partial charge in [0.15, 0.2) is 0 Å². The molecule has 3 aromatic rings. The van der Waals surface area contributed by atoms with Gasteiger partial charge in [0.05, 0.1) is 15.5 Å². The Hall–Kier alpha value is -2.90. The van der Waals surface area contributed by atoms with Gasteiger partial charge in [0, 0.05) is 12.2 Å². The lowest BCUT2D eigenvalue weighted by atomic mass is 10.1. The van der Waals surface area contributed by atoms with Gasteiger partial charge in [-0.2, -0.15) is 0 Å². The number of rotatable bonds is 6. The van der Waals surface area contributed by atoms with Crippen molar-refractivity contribution in [1.82, 2.24) is 5.32 Å². The van der Waals surface area contributed by atoms with E-state index < -0.39 is 15.9 Å². The number of anilines is 1. The van der Waals surface area contributed by atoms with Crippen LogP contribution in [-0.4, -0.2) is 14.3 Å². The lowest BCUT2D eigenvalue weighted by Crippen LogP contribution is -2.23. The maximum Gasteiger partial charge on any atom is 0.261 e. The summed E-state index contributed by atoms with van der Waals surface area (Å²) in [6.07, 6.45) is 0. The Morgan fingerprint density at radius 3 is 2.33 bits per heavy atom. The number of hydrogen-bond donors (Lipinski definition) is 2. The summed E-state index contributed by atoms with van der Waals surface area (Å²) in [6, 6.07) is 14.8. The van der Waals surface area contributed by atoms with Crippen LogP contribution in [0.2, 0.25) is 5.02 Å². The molecule has 0 saturated carbocycles. The smallest absolute Gasteiger partial charge is 0.261 e. The second-order valence-electron chi connectivity index (χ2n) is 6.86. The van der Waals surface area contributed by atoms with Crippen LogP contribution in [0, 0.1) is 19.7 Å². The molecule has 30 heavy (non-hydrogen) atoms. The summed E-state index contributed by atoms with van der Waals surface area (Å²) in [4.78, 5) is 12.5. The van der Waals surface area contributed by atoms with E-state index in [0.29, 0.717) is 11.3 Å². The summed E-state index contributed by atoms with van der Waals surface area (Å²) in [6.45, 7) is 3.97. The fraction of sp³-hybridized carbons (Fsp3) is 0.136. The molecule has 0 atom stereocenters. The fourth-order valence-corrected chi connectivity index (χ4v) is 4.02. The summed E-state index contributed by atoms with van der Waals surface area (Å²) < 4.78 is 41.1. The first-order chi connectivity index (χ1) is 14.2. The highest BCUT2D eigenvalue weighted by molar-refractivity contribution is 7.92. The first-order valence-corrected chi connectivity index (χ1v) is 10.9. The number of hydrogen-bond acceptors (Lipinski definition) is 3. The summed E-state index contributed by atoms with van der Waals surface area (Å²) in [7, 11) is -3.92. The lowest BCUT2D eigenvalue weighted by molar-refractivity contribution is 0.0951. The molecule has 0 aliphatic heterocycles. The van der Waals surface area contributed by atoms with E-state index in [1.165, 1.54) is 30.3 Å². The van der Waals surface area contributed by atoms with Crippen molar-refractivity contribution in [1.29, 1.82) is 0 Å². The fourth-order valence-electron chi connectivity index (χ4n) is 2.74. The molecule has 3 rings (SSSR count). The largest absolute Gasteiger partial charge is 0.348 e. The van der Waals surface area contributed by atoms with Gasteiger partial charge in [-0.3, -0.25) is 9.52 Å². The molecular formula is C22H20ClFN2O3S. The Labute approximate surface area is 179 Å². The number of amides is 1. The van der Waals surface area contributed by atoms with Crippen molar-refractivity contribution >= 4 is 33.2 Å². The third-order valence-corrected chi connectivity index (χ3v) is 6.33. The number of carbonyl (C=O) groups excluding carboxylic acids is 1. The van der Waals surface area contributed by atoms with Gasteiger partial charge in [0.25, 0.3) is 15.9 Å². The number of carbonyl (C=O) groups is 1. The molecule has 3 aromatic carbocycles. The molecule has 0 fully saturated rings. The predicted octanol–water partition coefficient (Wildman–Crippen LogP) is 4.83. The molecule has 0 heterocycles. The van der Waals surface area contributed by atoms with Crippen molar-refractivity contribution in [3.63, 3.8) is 0 Å². The van der Waals surface area contributed by atoms with E-state index in [2.05, 4.69) is 10.0 Å². The highest BCUT2D eigenvalue weighted by atomic mass is 35.5. The molecule has 0 aromatic heterocycles. The first-order valence-electron chi connectivity index (χ1n) is 9.08. The van der Waals surface area contributed by atoms with Gasteiger partial charge in [-0.1, -0.05) is 29.8 Å². The van der Waals surface area contributed by atoms with E-state index in [1.54, 1.807) is 24.3 Å². The minimum absolute atomic E-state index is 0.0294. The molecule has 0 bridgehead atoms. The molecule has 2 N–H and O–H groups in total. The zero-order valence-corrected chi connectivity index (χ0v) is 17.9. The van der Waals surface area contributed by atoms with E-state index in [4.69, 9.17) is 11.6 Å². The van der Waals surface area contributed by atoms with Crippen LogP contribution in [0.5, 0.6) is 0 Å². The zero-order valence-electron chi connectivity index (χ0n) is 16.4. The zero-order chi connectivity index (χ0) is 21.9. The first kappa shape index (κ1) is 21.8.